The molecule has 0 radical (unpaired) electrons. The molecule has 0 aromatic carbocycles. The third-order valence-corrected chi connectivity index (χ3v) is 5.79. The summed E-state index contributed by atoms with van der Waals surface area (Å²) in [6.45, 7) is 21.1. The molecule has 0 bridgehead atoms. The first-order valence-electron chi connectivity index (χ1n) is 12.9. The molecule has 35 heavy (non-hydrogen) atoms. The van der Waals surface area contributed by atoms with E-state index in [1.165, 1.54) is 18.6 Å². The number of amides is 2. The van der Waals surface area contributed by atoms with E-state index in [1.807, 2.05) is 6.92 Å². The molecule has 1 aromatic heterocycles. The van der Waals surface area contributed by atoms with Gasteiger partial charge in [0, 0.05) is 34.0 Å². The summed E-state index contributed by atoms with van der Waals surface area (Å²) < 4.78 is 0. The molecule has 8 nitrogen and oxygen atoms in total. The first kappa shape index (κ1) is 32.5. The first-order valence-corrected chi connectivity index (χ1v) is 12.9. The Balaban J connectivity index is -0.00000154. The van der Waals surface area contributed by atoms with E-state index in [1.54, 1.807) is 0 Å². The normalized spacial score (nSPS) is 17.4. The molecule has 4 N–H and O–H groups in total. The summed E-state index contributed by atoms with van der Waals surface area (Å²) in [6, 6.07) is -0.816. The molecule has 0 saturated carbocycles. The fourth-order valence-corrected chi connectivity index (χ4v) is 3.82. The van der Waals surface area contributed by atoms with E-state index in [0.717, 1.165) is 50.4 Å². The van der Waals surface area contributed by atoms with Gasteiger partial charge < -0.3 is 21.0 Å². The lowest BCUT2D eigenvalue weighted by Crippen LogP contribution is -2.51. The molecule has 1 aromatic rings. The maximum Gasteiger partial charge on any atom is 0.272 e. The highest BCUT2D eigenvalue weighted by atomic mass is 16.2. The Bertz CT molecular complexity index is 765. The van der Waals surface area contributed by atoms with Crippen molar-refractivity contribution in [2.24, 2.45) is 17.8 Å². The first-order chi connectivity index (χ1) is 16.0. The number of aromatic nitrogens is 2. The van der Waals surface area contributed by atoms with Crippen molar-refractivity contribution in [3.8, 4) is 0 Å². The van der Waals surface area contributed by atoms with Crippen LogP contribution in [0.4, 0.5) is 0 Å². The standard InChI is InChI=1S/C23H37N5O2.C4H10.H2O.2H2/c1-6-7-8-16(2)13-20(27-23(30)21-14-24-10-11-25-21)22(29)26-18(4)19(5)28-12-9-17(3)15-28;1-4(2)3;;;/h10-11,14,16-18,20H,5-9,12-13,15H2,1-4H3,(H,26,29)(H,27,30);4H,1-3H3;1H2;2*1H/t16?,17?,18-,20+;;;;/m1..../s1. The summed E-state index contributed by atoms with van der Waals surface area (Å²) in [5.74, 6) is 1.23. The molecular formula is C27H53N5O3. The average Bonchev–Trinajstić information content (AvgIpc) is 3.22. The predicted octanol–water partition coefficient (Wildman–Crippen LogP) is 4.48. The van der Waals surface area contributed by atoms with E-state index in [2.05, 4.69) is 73.6 Å². The molecule has 0 spiro atoms. The van der Waals surface area contributed by atoms with Crippen LogP contribution in [0.1, 0.15) is 93.9 Å². The van der Waals surface area contributed by atoms with E-state index >= 15 is 0 Å². The van der Waals surface area contributed by atoms with E-state index in [0.29, 0.717) is 18.3 Å². The summed E-state index contributed by atoms with van der Waals surface area (Å²) in [7, 11) is 0. The van der Waals surface area contributed by atoms with Gasteiger partial charge in [0.1, 0.15) is 11.7 Å². The van der Waals surface area contributed by atoms with Crippen molar-refractivity contribution in [2.45, 2.75) is 92.7 Å². The Morgan fingerprint density at radius 2 is 1.86 bits per heavy atom. The second-order valence-corrected chi connectivity index (χ2v) is 10.4. The van der Waals surface area contributed by atoms with Gasteiger partial charge in [0.15, 0.2) is 0 Å². The summed E-state index contributed by atoms with van der Waals surface area (Å²) in [6.07, 6.45) is 9.35. The van der Waals surface area contributed by atoms with Gasteiger partial charge in [-0.1, -0.05) is 67.4 Å². The minimum absolute atomic E-state index is 0. The number of unbranched alkanes of at least 4 members (excludes halogenated alkanes) is 1. The van der Waals surface area contributed by atoms with E-state index < -0.39 is 6.04 Å². The lowest BCUT2D eigenvalue weighted by Gasteiger charge is -2.29. The van der Waals surface area contributed by atoms with Crippen molar-refractivity contribution < 1.29 is 17.9 Å². The molecule has 1 fully saturated rings. The number of likely N-dealkylation sites (tertiary alicyclic amines) is 1. The van der Waals surface area contributed by atoms with E-state index in [9.17, 15) is 9.59 Å². The number of nitrogens with zero attached hydrogens (tertiary/aromatic N) is 3. The fraction of sp³-hybridized carbons (Fsp3) is 0.704. The Morgan fingerprint density at radius 1 is 1.20 bits per heavy atom. The largest absolute Gasteiger partial charge is 0.412 e. The Morgan fingerprint density at radius 3 is 2.37 bits per heavy atom. The van der Waals surface area contributed by atoms with Crippen molar-refractivity contribution in [1.29, 1.82) is 0 Å². The topological polar surface area (TPSA) is 119 Å². The van der Waals surface area contributed by atoms with Crippen LogP contribution in [0.3, 0.4) is 0 Å². The molecular weight excluding hydrogens is 442 g/mol. The van der Waals surface area contributed by atoms with Crippen LogP contribution in [-0.2, 0) is 4.79 Å². The van der Waals surface area contributed by atoms with Gasteiger partial charge >= 0.3 is 0 Å². The zero-order chi connectivity index (χ0) is 25.7. The summed E-state index contributed by atoms with van der Waals surface area (Å²) in [4.78, 5) is 35.9. The van der Waals surface area contributed by atoms with Crippen molar-refractivity contribution in [3.05, 3.63) is 36.6 Å². The quantitative estimate of drug-likeness (QED) is 0.469. The van der Waals surface area contributed by atoms with Crippen LogP contribution in [0.15, 0.2) is 30.9 Å². The maximum atomic E-state index is 13.1. The molecule has 204 valence electrons. The number of rotatable bonds is 11. The zero-order valence-corrected chi connectivity index (χ0v) is 22.9. The number of hydrogen-bond acceptors (Lipinski definition) is 5. The predicted molar refractivity (Wildman–Crippen MR) is 147 cm³/mol. The van der Waals surface area contributed by atoms with Gasteiger partial charge in [-0.15, -0.1) is 0 Å². The molecule has 1 saturated heterocycles. The van der Waals surface area contributed by atoms with Gasteiger partial charge in [0.25, 0.3) is 5.91 Å². The van der Waals surface area contributed by atoms with Crippen LogP contribution in [0.25, 0.3) is 0 Å². The number of nitrogens with one attached hydrogen (secondary N) is 2. The Labute approximate surface area is 215 Å². The second-order valence-electron chi connectivity index (χ2n) is 10.4. The van der Waals surface area contributed by atoms with Crippen molar-refractivity contribution in [2.75, 3.05) is 13.1 Å². The fourth-order valence-electron chi connectivity index (χ4n) is 3.82. The highest BCUT2D eigenvalue weighted by Crippen LogP contribution is 2.21. The zero-order valence-electron chi connectivity index (χ0n) is 22.9. The van der Waals surface area contributed by atoms with Crippen molar-refractivity contribution in [3.63, 3.8) is 0 Å². The van der Waals surface area contributed by atoms with Crippen LogP contribution < -0.4 is 10.6 Å². The Kier molecular flexibility index (Phi) is 15.8. The summed E-state index contributed by atoms with van der Waals surface area (Å²) in [5, 5.41) is 5.92. The van der Waals surface area contributed by atoms with Crippen LogP contribution in [0, 0.1) is 17.8 Å². The Hall–Kier alpha value is -2.48. The van der Waals surface area contributed by atoms with Crippen molar-refractivity contribution >= 4 is 11.8 Å². The molecule has 2 unspecified atom stereocenters. The lowest BCUT2D eigenvalue weighted by atomic mass is 9.95. The third-order valence-electron chi connectivity index (χ3n) is 5.79. The lowest BCUT2D eigenvalue weighted by molar-refractivity contribution is -0.123. The summed E-state index contributed by atoms with van der Waals surface area (Å²) >= 11 is 0. The number of hydrogen-bond donors (Lipinski definition) is 2. The molecule has 1 aliphatic rings. The van der Waals surface area contributed by atoms with Crippen molar-refractivity contribution in [1.82, 2.24) is 25.5 Å². The van der Waals surface area contributed by atoms with Crippen LogP contribution in [0.5, 0.6) is 0 Å². The molecule has 8 heteroatoms. The van der Waals surface area contributed by atoms with Crippen LogP contribution >= 0.6 is 0 Å². The smallest absolute Gasteiger partial charge is 0.272 e. The minimum atomic E-state index is -0.626. The molecule has 0 aliphatic carbocycles. The van der Waals surface area contributed by atoms with Crippen LogP contribution in [0.2, 0.25) is 0 Å². The van der Waals surface area contributed by atoms with Gasteiger partial charge in [-0.3, -0.25) is 14.6 Å². The van der Waals surface area contributed by atoms with Crippen LogP contribution in [-0.4, -0.2) is 57.3 Å². The van der Waals surface area contributed by atoms with Gasteiger partial charge in [-0.25, -0.2) is 4.98 Å². The van der Waals surface area contributed by atoms with Gasteiger partial charge in [0.05, 0.1) is 12.2 Å². The molecule has 4 atom stereocenters. The summed E-state index contributed by atoms with van der Waals surface area (Å²) in [5.41, 5.74) is 1.13. The molecule has 2 amide bonds. The van der Waals surface area contributed by atoms with Gasteiger partial charge in [-0.05, 0) is 37.5 Å². The average molecular weight is 496 g/mol. The SMILES string of the molecule is C=C([C@@H](C)NC(=O)[C@H](CC(C)CCCC)NC(=O)c1cnccn1)N1CCC(C)C1.CC(C)C.O.[HH].[HH]. The van der Waals surface area contributed by atoms with E-state index in [4.69, 9.17) is 0 Å². The minimum Gasteiger partial charge on any atom is -0.412 e. The second kappa shape index (κ2) is 17.0. The highest BCUT2D eigenvalue weighted by Gasteiger charge is 2.28. The third kappa shape index (κ3) is 12.7. The molecule has 2 rings (SSSR count). The number of carbonyl (C=O) groups is 2. The molecule has 1 aliphatic heterocycles. The molecule has 2 heterocycles. The van der Waals surface area contributed by atoms with Gasteiger partial charge in [-0.2, -0.15) is 0 Å². The highest BCUT2D eigenvalue weighted by molar-refractivity contribution is 5.95. The monoisotopic (exact) mass is 495 g/mol. The van der Waals surface area contributed by atoms with E-state index in [-0.39, 0.29) is 31.9 Å². The van der Waals surface area contributed by atoms with Gasteiger partial charge in [0.2, 0.25) is 5.91 Å². The number of carbonyl (C=O) groups excluding carboxylic acids is 2. The maximum absolute atomic E-state index is 13.1.